The fraction of sp³-hybridized carbons (Fsp3) is 0.607. The molecule has 0 aromatic heterocycles. The molecule has 7 nitrogen and oxygen atoms in total. The van der Waals surface area contributed by atoms with Gasteiger partial charge in [-0.05, 0) is 61.3 Å². The van der Waals surface area contributed by atoms with Gasteiger partial charge in [-0.15, -0.1) is 0 Å². The largest absolute Gasteiger partial charge is 0.509 e. The monoisotopic (exact) mass is 484 g/mol. The average molecular weight is 485 g/mol. The summed E-state index contributed by atoms with van der Waals surface area (Å²) in [5, 5.41) is 0. The lowest BCUT2D eigenvalue weighted by molar-refractivity contribution is -0.146. The molecule has 0 amide bonds. The van der Waals surface area contributed by atoms with Crippen molar-refractivity contribution in [2.75, 3.05) is 7.11 Å². The van der Waals surface area contributed by atoms with Gasteiger partial charge in [-0.25, -0.2) is 4.79 Å². The number of carbonyl (C=O) groups excluding carboxylic acids is 3. The van der Waals surface area contributed by atoms with Crippen LogP contribution in [0.5, 0.6) is 5.75 Å². The molecule has 6 atom stereocenters. The van der Waals surface area contributed by atoms with E-state index < -0.39 is 29.4 Å². The molecule has 35 heavy (non-hydrogen) atoms. The highest BCUT2D eigenvalue weighted by Crippen LogP contribution is 2.60. The molecule has 2 aliphatic carbocycles. The molecule has 3 aliphatic rings. The van der Waals surface area contributed by atoms with E-state index in [0.29, 0.717) is 44.3 Å². The van der Waals surface area contributed by atoms with E-state index in [1.54, 1.807) is 7.11 Å². The van der Waals surface area contributed by atoms with Gasteiger partial charge in [-0.3, -0.25) is 9.59 Å². The third kappa shape index (κ3) is 4.51. The third-order valence-electron chi connectivity index (χ3n) is 8.78. The van der Waals surface area contributed by atoms with Crippen LogP contribution in [0.25, 0.3) is 0 Å². The Balaban J connectivity index is 1.66. The maximum atomic E-state index is 14.0. The van der Waals surface area contributed by atoms with E-state index in [1.165, 1.54) is 0 Å². The lowest BCUT2D eigenvalue weighted by atomic mass is 9.67. The summed E-state index contributed by atoms with van der Waals surface area (Å²) < 4.78 is 23.3. The summed E-state index contributed by atoms with van der Waals surface area (Å²) in [6.45, 7) is 10.1. The number of ketones is 1. The molecule has 7 heteroatoms. The second-order valence-corrected chi connectivity index (χ2v) is 10.8. The molecule has 1 spiro atoms. The Morgan fingerprint density at radius 1 is 1.23 bits per heavy atom. The molecule has 1 aromatic rings. The van der Waals surface area contributed by atoms with Crippen LogP contribution in [-0.2, 0) is 30.4 Å². The number of methoxy groups -OCH3 is 1. The van der Waals surface area contributed by atoms with E-state index in [2.05, 4.69) is 20.4 Å². The normalized spacial score (nSPS) is 33.5. The van der Waals surface area contributed by atoms with E-state index in [4.69, 9.17) is 18.9 Å². The summed E-state index contributed by atoms with van der Waals surface area (Å²) in [6.07, 6.45) is 1.96. The predicted octanol–water partition coefficient (Wildman–Crippen LogP) is 5.05. The molecule has 3 fully saturated rings. The minimum atomic E-state index is -0.805. The van der Waals surface area contributed by atoms with Gasteiger partial charge < -0.3 is 18.9 Å². The molecule has 0 N–H and O–H groups in total. The topological polar surface area (TPSA) is 88.1 Å². The molecule has 1 aliphatic heterocycles. The van der Waals surface area contributed by atoms with Gasteiger partial charge in [0.15, 0.2) is 11.4 Å². The van der Waals surface area contributed by atoms with Crippen LogP contribution in [0.15, 0.2) is 36.4 Å². The Morgan fingerprint density at radius 2 is 1.94 bits per heavy atom. The van der Waals surface area contributed by atoms with Crippen LogP contribution in [-0.4, -0.2) is 43.1 Å². The highest BCUT2D eigenvalue weighted by atomic mass is 16.8. The van der Waals surface area contributed by atoms with Crippen LogP contribution >= 0.6 is 0 Å². The minimum absolute atomic E-state index is 0.0571. The second kappa shape index (κ2) is 9.76. The number of hydrogen-bond donors (Lipinski definition) is 0. The number of fused-ring (bicyclic) bond motifs is 1. The van der Waals surface area contributed by atoms with Gasteiger partial charge in [-0.2, -0.15) is 0 Å². The van der Waals surface area contributed by atoms with Crippen molar-refractivity contribution in [2.24, 2.45) is 23.2 Å². The Morgan fingerprint density at radius 3 is 2.60 bits per heavy atom. The first-order valence-corrected chi connectivity index (χ1v) is 12.4. The van der Waals surface area contributed by atoms with Gasteiger partial charge in [0.05, 0.1) is 13.7 Å². The summed E-state index contributed by atoms with van der Waals surface area (Å²) >= 11 is 0. The Bertz CT molecular complexity index is 982. The standard InChI is InChI=1S/C28H36O7/c1-17(15-29)6-9-20-14-23-28(35-26(31)34-23)13-12-22(27(28,3)4)25(24(30)18(20)2)33-16-19-7-10-21(32-5)11-8-19/h7-8,10-11,15,18,20,22-23,25H,1,6,9,12-14,16H2,2-5H3/t18-,20+,22-,23+,25-,28-/m1/s1. The van der Waals surface area contributed by atoms with Gasteiger partial charge in [-0.1, -0.05) is 39.5 Å². The highest BCUT2D eigenvalue weighted by molar-refractivity contribution is 5.86. The van der Waals surface area contributed by atoms with Gasteiger partial charge in [0.2, 0.25) is 0 Å². The van der Waals surface area contributed by atoms with Crippen molar-refractivity contribution in [1.29, 1.82) is 0 Å². The summed E-state index contributed by atoms with van der Waals surface area (Å²) in [4.78, 5) is 37.5. The first kappa shape index (κ1) is 25.4. The summed E-state index contributed by atoms with van der Waals surface area (Å²) in [7, 11) is 1.62. The number of rotatable bonds is 8. The molecule has 0 radical (unpaired) electrons. The quantitative estimate of drug-likeness (QED) is 0.290. The maximum Gasteiger partial charge on any atom is 0.509 e. The van der Waals surface area contributed by atoms with Crippen molar-refractivity contribution in [3.63, 3.8) is 0 Å². The summed E-state index contributed by atoms with van der Waals surface area (Å²) in [5.41, 5.74) is 0.114. The van der Waals surface area contributed by atoms with Crippen molar-refractivity contribution in [2.45, 2.75) is 77.3 Å². The fourth-order valence-corrected chi connectivity index (χ4v) is 6.42. The minimum Gasteiger partial charge on any atom is -0.497 e. The molecular weight excluding hydrogens is 448 g/mol. The SMILES string of the molecule is C=C(C=O)CC[C@H]1C[C@@H]2OC(=O)O[C@]23CC[C@H]([C@@H](OCc2ccc(OC)cc2)C(=O)[C@@H]1C)C3(C)C. The Labute approximate surface area is 207 Å². The van der Waals surface area contributed by atoms with E-state index >= 15 is 0 Å². The zero-order chi connectivity index (χ0) is 25.4. The molecule has 1 heterocycles. The first-order valence-electron chi connectivity index (χ1n) is 12.4. The molecule has 190 valence electrons. The smallest absolute Gasteiger partial charge is 0.497 e. The molecule has 0 unspecified atom stereocenters. The van der Waals surface area contributed by atoms with Gasteiger partial charge in [0.1, 0.15) is 24.2 Å². The number of ether oxygens (including phenoxy) is 4. The van der Waals surface area contributed by atoms with Crippen LogP contribution in [0.4, 0.5) is 4.79 Å². The van der Waals surface area contributed by atoms with Crippen LogP contribution in [0, 0.1) is 23.2 Å². The van der Waals surface area contributed by atoms with Crippen molar-refractivity contribution in [3.8, 4) is 5.75 Å². The molecule has 1 aromatic carbocycles. The van der Waals surface area contributed by atoms with Crippen molar-refractivity contribution >= 4 is 18.2 Å². The number of hydrogen-bond acceptors (Lipinski definition) is 7. The predicted molar refractivity (Wildman–Crippen MR) is 129 cm³/mol. The van der Waals surface area contributed by atoms with Crippen molar-refractivity contribution in [1.82, 2.24) is 0 Å². The second-order valence-electron chi connectivity index (χ2n) is 10.8. The van der Waals surface area contributed by atoms with Crippen molar-refractivity contribution < 1.29 is 33.3 Å². The first-order chi connectivity index (χ1) is 16.6. The van der Waals surface area contributed by atoms with Crippen LogP contribution < -0.4 is 4.74 Å². The summed E-state index contributed by atoms with van der Waals surface area (Å²) in [5.74, 6) is 0.256. The molecule has 1 saturated heterocycles. The number of benzene rings is 1. The lowest BCUT2D eigenvalue weighted by Crippen LogP contribution is -2.52. The average Bonchev–Trinajstić information content (AvgIpc) is 3.31. The number of allylic oxidation sites excluding steroid dienone is 1. The van der Waals surface area contributed by atoms with Crippen LogP contribution in [0.3, 0.4) is 0 Å². The highest BCUT2D eigenvalue weighted by Gasteiger charge is 2.68. The zero-order valence-electron chi connectivity index (χ0n) is 21.1. The van der Waals surface area contributed by atoms with Crippen molar-refractivity contribution in [3.05, 3.63) is 42.0 Å². The van der Waals surface area contributed by atoms with Crippen LogP contribution in [0.2, 0.25) is 0 Å². The Hall–Kier alpha value is -2.67. The molecule has 2 bridgehead atoms. The zero-order valence-corrected chi connectivity index (χ0v) is 21.1. The van der Waals surface area contributed by atoms with Gasteiger partial charge in [0.25, 0.3) is 0 Å². The van der Waals surface area contributed by atoms with Gasteiger partial charge >= 0.3 is 6.16 Å². The summed E-state index contributed by atoms with van der Waals surface area (Å²) in [6, 6.07) is 7.60. The lowest BCUT2D eigenvalue weighted by Gasteiger charge is -2.42. The molecular formula is C28H36O7. The maximum absolute atomic E-state index is 14.0. The van der Waals surface area contributed by atoms with E-state index in [1.807, 2.05) is 31.2 Å². The van der Waals surface area contributed by atoms with Crippen LogP contribution in [0.1, 0.15) is 58.4 Å². The van der Waals surface area contributed by atoms with E-state index in [-0.39, 0.29) is 23.5 Å². The number of Topliss-reactive ketones (excluding diaryl/α,β-unsaturated/α-hetero) is 1. The van der Waals surface area contributed by atoms with E-state index in [0.717, 1.165) is 17.6 Å². The molecule has 2 saturated carbocycles. The third-order valence-corrected chi connectivity index (χ3v) is 8.78. The Kier molecular flexibility index (Phi) is 7.09. The van der Waals surface area contributed by atoms with Gasteiger partial charge in [0, 0.05) is 17.3 Å². The fourth-order valence-electron chi connectivity index (χ4n) is 6.42. The number of carbonyl (C=O) groups is 3. The molecule has 4 rings (SSSR count). The number of aldehydes is 1. The van der Waals surface area contributed by atoms with E-state index in [9.17, 15) is 14.4 Å².